The molecule has 0 rings (SSSR count). The molecule has 0 saturated carbocycles. The second-order valence-corrected chi connectivity index (χ2v) is 1.98. The first-order chi connectivity index (χ1) is 5.70. The van der Waals surface area contributed by atoms with Crippen molar-refractivity contribution < 1.29 is 14.3 Å². The zero-order chi connectivity index (χ0) is 9.40. The van der Waals surface area contributed by atoms with Gasteiger partial charge < -0.3 is 10.1 Å². The highest BCUT2D eigenvalue weighted by Gasteiger charge is 1.95. The maximum atomic E-state index is 10.7. The number of hydrogen-bond acceptors (Lipinski definition) is 3. The number of amides is 1. The summed E-state index contributed by atoms with van der Waals surface area (Å²) in [6.45, 7) is 4.37. The van der Waals surface area contributed by atoms with E-state index in [4.69, 9.17) is 0 Å². The number of rotatable bonds is 4. The van der Waals surface area contributed by atoms with E-state index >= 15 is 0 Å². The molecule has 1 N–H and O–H groups in total. The molecule has 0 bridgehead atoms. The largest absolute Gasteiger partial charge is 0.463 e. The minimum Gasteiger partial charge on any atom is -0.463 e. The Labute approximate surface area is 71.6 Å². The summed E-state index contributed by atoms with van der Waals surface area (Å²) in [5.74, 6) is -0.783. The van der Waals surface area contributed by atoms with Crippen LogP contribution in [0.5, 0.6) is 0 Å². The lowest BCUT2D eigenvalue weighted by Crippen LogP contribution is -2.20. The van der Waals surface area contributed by atoms with Crippen molar-refractivity contribution in [1.29, 1.82) is 0 Å². The van der Waals surface area contributed by atoms with Crippen molar-refractivity contribution in [1.82, 2.24) is 5.32 Å². The van der Waals surface area contributed by atoms with Crippen LogP contribution in [-0.2, 0) is 14.3 Å². The maximum Gasteiger partial charge on any atom is 0.330 e. The Morgan fingerprint density at radius 3 is 2.50 bits per heavy atom. The standard InChI is InChI=1S/C8H13NO3/c1-3-9-7(10)5-6-8(11)12-4-2/h5-6H,3-4H2,1-2H3,(H,9,10)/b6-5+. The molecule has 0 saturated heterocycles. The van der Waals surface area contributed by atoms with Crippen LogP contribution in [0, 0.1) is 0 Å². The van der Waals surface area contributed by atoms with Crippen LogP contribution in [0.15, 0.2) is 12.2 Å². The Morgan fingerprint density at radius 1 is 1.33 bits per heavy atom. The van der Waals surface area contributed by atoms with E-state index < -0.39 is 5.97 Å². The van der Waals surface area contributed by atoms with Gasteiger partial charge >= 0.3 is 5.97 Å². The zero-order valence-electron chi connectivity index (χ0n) is 7.29. The van der Waals surface area contributed by atoms with Gasteiger partial charge in [0.1, 0.15) is 0 Å². The lowest BCUT2D eigenvalue weighted by atomic mass is 10.4. The SMILES string of the molecule is CCNC(=O)/C=C/C(=O)OCC. The van der Waals surface area contributed by atoms with Crippen LogP contribution in [0.25, 0.3) is 0 Å². The molecule has 0 aliphatic carbocycles. The molecule has 12 heavy (non-hydrogen) atoms. The summed E-state index contributed by atoms with van der Waals surface area (Å²) in [6.07, 6.45) is 2.26. The van der Waals surface area contributed by atoms with E-state index in [9.17, 15) is 9.59 Å². The van der Waals surface area contributed by atoms with E-state index in [1.54, 1.807) is 13.8 Å². The molecule has 4 heteroatoms. The second kappa shape index (κ2) is 6.39. The summed E-state index contributed by atoms with van der Waals surface area (Å²) in [5.41, 5.74) is 0. The van der Waals surface area contributed by atoms with Crippen molar-refractivity contribution in [3.63, 3.8) is 0 Å². The highest BCUT2D eigenvalue weighted by atomic mass is 16.5. The fourth-order valence-corrected chi connectivity index (χ4v) is 0.567. The molecule has 4 nitrogen and oxygen atoms in total. The molecule has 0 spiro atoms. The molecule has 0 aromatic carbocycles. The summed E-state index contributed by atoms with van der Waals surface area (Å²) in [6, 6.07) is 0. The Bertz CT molecular complexity index is 167. The number of likely N-dealkylation sites (N-methyl/N-ethyl adjacent to an activating group) is 1. The van der Waals surface area contributed by atoms with Gasteiger partial charge in [0, 0.05) is 18.7 Å². The Hall–Kier alpha value is -1.32. The first-order valence-electron chi connectivity index (χ1n) is 3.83. The second-order valence-electron chi connectivity index (χ2n) is 1.98. The van der Waals surface area contributed by atoms with Gasteiger partial charge in [-0.25, -0.2) is 4.79 Å². The Balaban J connectivity index is 3.73. The molecule has 0 aromatic rings. The first kappa shape index (κ1) is 10.7. The van der Waals surface area contributed by atoms with E-state index in [0.29, 0.717) is 13.2 Å². The number of hydrogen-bond donors (Lipinski definition) is 1. The maximum absolute atomic E-state index is 10.7. The van der Waals surface area contributed by atoms with E-state index in [2.05, 4.69) is 10.1 Å². The Kier molecular flexibility index (Phi) is 5.69. The quantitative estimate of drug-likeness (QED) is 0.487. The smallest absolute Gasteiger partial charge is 0.330 e. The van der Waals surface area contributed by atoms with Crippen LogP contribution >= 0.6 is 0 Å². The molecule has 1 amide bonds. The normalized spacial score (nSPS) is 9.83. The number of esters is 1. The highest BCUT2D eigenvalue weighted by molar-refractivity contribution is 5.94. The van der Waals surface area contributed by atoms with Crippen LogP contribution in [-0.4, -0.2) is 25.0 Å². The summed E-state index contributed by atoms with van der Waals surface area (Å²) >= 11 is 0. The van der Waals surface area contributed by atoms with E-state index in [1.165, 1.54) is 0 Å². The van der Waals surface area contributed by atoms with Crippen LogP contribution < -0.4 is 5.32 Å². The van der Waals surface area contributed by atoms with Gasteiger partial charge in [-0.3, -0.25) is 4.79 Å². The van der Waals surface area contributed by atoms with Crippen LogP contribution in [0.4, 0.5) is 0 Å². The number of ether oxygens (including phenoxy) is 1. The fourth-order valence-electron chi connectivity index (χ4n) is 0.567. The van der Waals surface area contributed by atoms with Gasteiger partial charge in [-0.05, 0) is 13.8 Å². The minimum atomic E-state index is -0.497. The zero-order valence-corrected chi connectivity index (χ0v) is 7.29. The lowest BCUT2D eigenvalue weighted by Gasteiger charge is -1.95. The Morgan fingerprint density at radius 2 is 2.00 bits per heavy atom. The summed E-state index contributed by atoms with van der Waals surface area (Å²) in [7, 11) is 0. The van der Waals surface area contributed by atoms with Crippen molar-refractivity contribution in [2.24, 2.45) is 0 Å². The van der Waals surface area contributed by atoms with Crippen LogP contribution in [0.2, 0.25) is 0 Å². The van der Waals surface area contributed by atoms with E-state index in [1.807, 2.05) is 0 Å². The third-order valence-electron chi connectivity index (χ3n) is 1.01. The number of nitrogens with one attached hydrogen (secondary N) is 1. The van der Waals surface area contributed by atoms with Crippen molar-refractivity contribution in [2.45, 2.75) is 13.8 Å². The van der Waals surface area contributed by atoms with Crippen molar-refractivity contribution in [2.75, 3.05) is 13.2 Å². The van der Waals surface area contributed by atoms with Gasteiger partial charge in [-0.2, -0.15) is 0 Å². The van der Waals surface area contributed by atoms with Gasteiger partial charge in [-0.1, -0.05) is 0 Å². The molecule has 0 fully saturated rings. The predicted octanol–water partition coefficient (Wildman–Crippen LogP) is 0.242. The van der Waals surface area contributed by atoms with Gasteiger partial charge in [0.2, 0.25) is 5.91 Å². The van der Waals surface area contributed by atoms with E-state index in [0.717, 1.165) is 12.2 Å². The lowest BCUT2D eigenvalue weighted by molar-refractivity contribution is -0.137. The molecule has 0 aliphatic heterocycles. The van der Waals surface area contributed by atoms with Crippen molar-refractivity contribution in [3.8, 4) is 0 Å². The van der Waals surface area contributed by atoms with Gasteiger partial charge in [0.05, 0.1) is 6.61 Å². The molecule has 0 heterocycles. The van der Waals surface area contributed by atoms with Crippen molar-refractivity contribution in [3.05, 3.63) is 12.2 Å². The van der Waals surface area contributed by atoms with Crippen LogP contribution in [0.1, 0.15) is 13.8 Å². The van der Waals surface area contributed by atoms with Gasteiger partial charge in [0.15, 0.2) is 0 Å². The van der Waals surface area contributed by atoms with Crippen molar-refractivity contribution >= 4 is 11.9 Å². The van der Waals surface area contributed by atoms with Gasteiger partial charge in [-0.15, -0.1) is 0 Å². The fraction of sp³-hybridized carbons (Fsp3) is 0.500. The average Bonchev–Trinajstić information content (AvgIpc) is 2.02. The molecule has 0 aliphatic rings. The first-order valence-corrected chi connectivity index (χ1v) is 3.83. The third kappa shape index (κ3) is 5.46. The average molecular weight is 171 g/mol. The van der Waals surface area contributed by atoms with Crippen LogP contribution in [0.3, 0.4) is 0 Å². The molecule has 0 radical (unpaired) electrons. The third-order valence-corrected chi connectivity index (χ3v) is 1.01. The predicted molar refractivity (Wildman–Crippen MR) is 44.5 cm³/mol. The summed E-state index contributed by atoms with van der Waals surface area (Å²) < 4.78 is 4.56. The minimum absolute atomic E-state index is 0.287. The molecular formula is C8H13NO3. The number of carbonyl (C=O) groups is 2. The molecule has 0 unspecified atom stereocenters. The molecule has 0 aromatic heterocycles. The number of carbonyl (C=O) groups excluding carboxylic acids is 2. The summed E-state index contributed by atoms with van der Waals surface area (Å²) in [5, 5.41) is 2.51. The van der Waals surface area contributed by atoms with Gasteiger partial charge in [0.25, 0.3) is 0 Å². The topological polar surface area (TPSA) is 55.4 Å². The molecule has 68 valence electrons. The van der Waals surface area contributed by atoms with E-state index in [-0.39, 0.29) is 5.91 Å². The molecular weight excluding hydrogens is 158 g/mol. The molecule has 0 atom stereocenters. The monoisotopic (exact) mass is 171 g/mol. The summed E-state index contributed by atoms with van der Waals surface area (Å²) in [4.78, 5) is 21.4. The highest BCUT2D eigenvalue weighted by Crippen LogP contribution is 1.80.